The van der Waals surface area contributed by atoms with Gasteiger partial charge in [-0.2, -0.15) is 0 Å². The summed E-state index contributed by atoms with van der Waals surface area (Å²) in [4.78, 5) is 51.3. The summed E-state index contributed by atoms with van der Waals surface area (Å²) >= 11 is 0. The molecule has 34 heavy (non-hydrogen) atoms. The number of aldehydes is 1. The van der Waals surface area contributed by atoms with E-state index in [4.69, 9.17) is 5.73 Å². The lowest BCUT2D eigenvalue weighted by Crippen LogP contribution is -2.48. The van der Waals surface area contributed by atoms with Crippen LogP contribution in [0.2, 0.25) is 0 Å². The fourth-order valence-corrected chi connectivity index (χ4v) is 4.24. The molecule has 2 aromatic rings. The number of carbonyl (C=O) groups is 3. The van der Waals surface area contributed by atoms with Gasteiger partial charge in [0.05, 0.1) is 24.1 Å². The molecule has 0 radical (unpaired) electrons. The van der Waals surface area contributed by atoms with Gasteiger partial charge in [0.15, 0.2) is 6.29 Å². The second-order valence-electron chi connectivity index (χ2n) is 8.56. The number of anilines is 4. The molecule has 0 bridgehead atoms. The van der Waals surface area contributed by atoms with E-state index in [0.29, 0.717) is 67.6 Å². The second kappa shape index (κ2) is 10.0. The third kappa shape index (κ3) is 4.93. The molecule has 0 saturated carbocycles. The minimum absolute atomic E-state index is 0.0252. The predicted octanol–water partition coefficient (Wildman–Crippen LogP) is 1.56. The number of fused-ring (bicyclic) bond motifs is 1. The lowest BCUT2D eigenvalue weighted by molar-refractivity contribution is -0.136. The molecule has 2 aliphatic rings. The molecule has 11 heteroatoms. The molecule has 1 saturated heterocycles. The third-order valence-corrected chi connectivity index (χ3v) is 6.04. The van der Waals surface area contributed by atoms with Crippen LogP contribution < -0.4 is 21.3 Å². The van der Waals surface area contributed by atoms with Crippen LogP contribution in [-0.4, -0.2) is 77.8 Å². The number of nitrogens with two attached hydrogens (primary N) is 1. The number of nitrogens with one attached hydrogen (secondary N) is 2. The fourth-order valence-electron chi connectivity index (χ4n) is 4.24. The summed E-state index contributed by atoms with van der Waals surface area (Å²) in [6.45, 7) is 5.17. The van der Waals surface area contributed by atoms with E-state index in [2.05, 4.69) is 20.6 Å². The number of nitrogens with zero attached hydrogens (tertiary/aromatic N) is 5. The molecule has 3 amide bonds. The number of piperazine rings is 1. The molecule has 180 valence electrons. The largest absolute Gasteiger partial charge is 0.396 e. The van der Waals surface area contributed by atoms with Crippen molar-refractivity contribution in [3.63, 3.8) is 0 Å². The van der Waals surface area contributed by atoms with Gasteiger partial charge in [-0.05, 0) is 38.4 Å². The number of likely N-dealkylation sites (N-methyl/N-ethyl adjacent to an activating group) is 1. The smallest absolute Gasteiger partial charge is 0.328 e. The highest BCUT2D eigenvalue weighted by Crippen LogP contribution is 2.29. The van der Waals surface area contributed by atoms with E-state index in [1.807, 2.05) is 24.9 Å². The monoisotopic (exact) mass is 466 g/mol. The van der Waals surface area contributed by atoms with E-state index in [1.165, 1.54) is 11.1 Å². The first-order valence-corrected chi connectivity index (χ1v) is 11.4. The van der Waals surface area contributed by atoms with E-state index in [-0.39, 0.29) is 17.6 Å². The lowest BCUT2D eigenvalue weighted by atomic mass is 10.0. The molecular formula is C23H30N8O3. The minimum Gasteiger partial charge on any atom is -0.396 e. The molecule has 0 aromatic carbocycles. The van der Waals surface area contributed by atoms with Crippen LogP contribution in [0.5, 0.6) is 0 Å². The molecular weight excluding hydrogens is 436 g/mol. The Bertz CT molecular complexity index is 1110. The maximum absolute atomic E-state index is 13.1. The summed E-state index contributed by atoms with van der Waals surface area (Å²) in [6, 6.07) is 3.20. The molecule has 0 spiro atoms. The maximum Gasteiger partial charge on any atom is 0.328 e. The summed E-state index contributed by atoms with van der Waals surface area (Å²) in [5, 5.41) is 5.93. The number of nitrogen functional groups attached to an aromatic ring is 1. The van der Waals surface area contributed by atoms with Crippen molar-refractivity contribution in [3.05, 3.63) is 35.2 Å². The van der Waals surface area contributed by atoms with E-state index < -0.39 is 0 Å². The van der Waals surface area contributed by atoms with Crippen LogP contribution in [-0.2, 0) is 17.8 Å². The fraction of sp³-hybridized carbons (Fsp3) is 0.435. The number of hydrogen-bond acceptors (Lipinski definition) is 8. The number of rotatable bonds is 6. The zero-order chi connectivity index (χ0) is 24.2. The molecule has 4 heterocycles. The summed E-state index contributed by atoms with van der Waals surface area (Å²) in [5.74, 6) is 0.849. The quantitative estimate of drug-likeness (QED) is 0.546. The molecule has 2 aromatic heterocycles. The predicted molar refractivity (Wildman–Crippen MR) is 130 cm³/mol. The van der Waals surface area contributed by atoms with Crippen molar-refractivity contribution >= 4 is 41.2 Å². The van der Waals surface area contributed by atoms with Crippen LogP contribution in [0.4, 0.5) is 27.8 Å². The van der Waals surface area contributed by atoms with Gasteiger partial charge in [-0.25, -0.2) is 14.8 Å². The number of urea groups is 1. The highest BCUT2D eigenvalue weighted by atomic mass is 16.2. The van der Waals surface area contributed by atoms with Gasteiger partial charge in [-0.3, -0.25) is 24.7 Å². The van der Waals surface area contributed by atoms with Crippen molar-refractivity contribution in [2.75, 3.05) is 61.0 Å². The van der Waals surface area contributed by atoms with Crippen molar-refractivity contribution in [1.82, 2.24) is 19.8 Å². The topological polar surface area (TPSA) is 137 Å². The van der Waals surface area contributed by atoms with Crippen LogP contribution in [0.3, 0.4) is 0 Å². The Morgan fingerprint density at radius 1 is 1.26 bits per heavy atom. The number of pyridine rings is 2. The van der Waals surface area contributed by atoms with Crippen LogP contribution in [0.15, 0.2) is 18.3 Å². The van der Waals surface area contributed by atoms with Gasteiger partial charge in [-0.1, -0.05) is 0 Å². The molecule has 0 aliphatic carbocycles. The van der Waals surface area contributed by atoms with Crippen molar-refractivity contribution in [2.24, 2.45) is 0 Å². The first-order valence-electron chi connectivity index (χ1n) is 11.4. The molecule has 2 aliphatic heterocycles. The van der Waals surface area contributed by atoms with Crippen molar-refractivity contribution in [2.45, 2.75) is 26.3 Å². The van der Waals surface area contributed by atoms with Gasteiger partial charge in [0.1, 0.15) is 17.3 Å². The Balaban J connectivity index is 1.55. The van der Waals surface area contributed by atoms with E-state index in [1.54, 1.807) is 11.0 Å². The van der Waals surface area contributed by atoms with Gasteiger partial charge in [0, 0.05) is 44.4 Å². The SMILES string of the molecule is CCNc1cc(NC(=O)N2CCCc3cc(CN4CCN(C)CC4=O)c(C=O)nc32)ncc1N. The van der Waals surface area contributed by atoms with E-state index in [9.17, 15) is 14.4 Å². The number of aromatic nitrogens is 2. The Morgan fingerprint density at radius 2 is 2.09 bits per heavy atom. The Hall–Kier alpha value is -3.73. The van der Waals surface area contributed by atoms with Gasteiger partial charge < -0.3 is 16.0 Å². The minimum atomic E-state index is -0.382. The second-order valence-corrected chi connectivity index (χ2v) is 8.56. The summed E-state index contributed by atoms with van der Waals surface area (Å²) < 4.78 is 0. The lowest BCUT2D eigenvalue weighted by Gasteiger charge is -2.33. The summed E-state index contributed by atoms with van der Waals surface area (Å²) in [7, 11) is 1.91. The first kappa shape index (κ1) is 23.4. The normalized spacial score (nSPS) is 16.2. The highest BCUT2D eigenvalue weighted by molar-refractivity contribution is 6.02. The number of hydrogen-bond donors (Lipinski definition) is 3. The average molecular weight is 467 g/mol. The van der Waals surface area contributed by atoms with Crippen LogP contribution in [0.25, 0.3) is 0 Å². The van der Waals surface area contributed by atoms with Gasteiger partial charge in [0.2, 0.25) is 5.91 Å². The Kier molecular flexibility index (Phi) is 6.92. The highest BCUT2D eigenvalue weighted by Gasteiger charge is 2.28. The molecule has 11 nitrogen and oxygen atoms in total. The maximum atomic E-state index is 13.1. The molecule has 4 rings (SSSR count). The van der Waals surface area contributed by atoms with Crippen LogP contribution in [0, 0.1) is 0 Å². The Labute approximate surface area is 198 Å². The van der Waals surface area contributed by atoms with Crippen molar-refractivity contribution in [3.8, 4) is 0 Å². The van der Waals surface area contributed by atoms with Gasteiger partial charge in [0.25, 0.3) is 0 Å². The number of carbonyl (C=O) groups excluding carboxylic acids is 3. The average Bonchev–Trinajstić information content (AvgIpc) is 2.82. The number of amides is 3. The van der Waals surface area contributed by atoms with E-state index in [0.717, 1.165) is 24.9 Å². The third-order valence-electron chi connectivity index (χ3n) is 6.04. The van der Waals surface area contributed by atoms with Crippen molar-refractivity contribution in [1.29, 1.82) is 0 Å². The zero-order valence-corrected chi connectivity index (χ0v) is 19.5. The van der Waals surface area contributed by atoms with Crippen LogP contribution in [0.1, 0.15) is 35.0 Å². The van der Waals surface area contributed by atoms with Crippen LogP contribution >= 0.6 is 0 Å². The first-order chi connectivity index (χ1) is 16.4. The summed E-state index contributed by atoms with van der Waals surface area (Å²) in [6.07, 6.45) is 3.67. The standard InChI is InChI=1S/C23H30N8O3/c1-3-25-18-10-20(26-11-17(18)24)28-23(34)31-6-4-5-15-9-16(19(14-32)27-22(15)31)12-30-8-7-29(2)13-21(30)33/h9-11,14H,3-8,12-13,24H2,1-2H3,(H2,25,26,28,34). The number of aryl methyl sites for hydroxylation is 1. The molecule has 0 atom stereocenters. The van der Waals surface area contributed by atoms with Gasteiger partial charge in [-0.15, -0.1) is 0 Å². The summed E-state index contributed by atoms with van der Waals surface area (Å²) in [5.41, 5.74) is 8.92. The molecule has 0 unspecified atom stereocenters. The van der Waals surface area contributed by atoms with E-state index >= 15 is 0 Å². The molecule has 4 N–H and O–H groups in total. The molecule has 1 fully saturated rings. The van der Waals surface area contributed by atoms with Gasteiger partial charge >= 0.3 is 6.03 Å². The zero-order valence-electron chi connectivity index (χ0n) is 19.5. The van der Waals surface area contributed by atoms with Crippen molar-refractivity contribution < 1.29 is 14.4 Å². The Morgan fingerprint density at radius 3 is 2.82 bits per heavy atom.